The van der Waals surface area contributed by atoms with Crippen molar-refractivity contribution in [2.75, 3.05) is 32.8 Å². The molecule has 2 aliphatic heterocycles. The quantitative estimate of drug-likeness (QED) is 0.332. The first-order valence-electron chi connectivity index (χ1n) is 15.4. The number of β-amino-alcohol motifs (C(OH)–C–C–N with tert-alkyl or cyclic N) is 1. The summed E-state index contributed by atoms with van der Waals surface area (Å²) in [5.74, 6) is 0. The molecule has 4 amide bonds. The smallest absolute Gasteiger partial charge is 0.429 e. The lowest BCUT2D eigenvalue weighted by molar-refractivity contribution is -0.0273. The second-order valence-electron chi connectivity index (χ2n) is 13.4. The van der Waals surface area contributed by atoms with Gasteiger partial charge in [-0.3, -0.25) is 0 Å². The van der Waals surface area contributed by atoms with Crippen LogP contribution in [0.2, 0.25) is 0 Å². The van der Waals surface area contributed by atoms with Crippen molar-refractivity contribution < 1.29 is 48.3 Å². The van der Waals surface area contributed by atoms with Crippen LogP contribution < -0.4 is 0 Å². The van der Waals surface area contributed by atoms with Crippen LogP contribution in [-0.4, -0.2) is 104 Å². The van der Waals surface area contributed by atoms with Gasteiger partial charge in [-0.25, -0.2) is 39.2 Å². The number of aliphatic hydroxyl groups excluding tert-OH is 1. The number of carbonyl (C=O) groups is 4. The Morgan fingerprint density at radius 2 is 1.02 bits per heavy atom. The normalized spacial score (nSPS) is 17.8. The van der Waals surface area contributed by atoms with Gasteiger partial charge in [0.2, 0.25) is 0 Å². The molecule has 14 nitrogen and oxygen atoms in total. The van der Waals surface area contributed by atoms with Crippen LogP contribution in [0.15, 0.2) is 72.8 Å². The van der Waals surface area contributed by atoms with Crippen molar-refractivity contribution in [3.63, 3.8) is 0 Å². The van der Waals surface area contributed by atoms with Crippen LogP contribution in [0.1, 0.15) is 52.7 Å². The Labute approximate surface area is 280 Å². The van der Waals surface area contributed by atoms with E-state index in [2.05, 4.69) is 6.58 Å². The summed E-state index contributed by atoms with van der Waals surface area (Å²) in [7, 11) is 0. The molecule has 48 heavy (non-hydrogen) atoms. The van der Waals surface area contributed by atoms with Crippen molar-refractivity contribution in [3.05, 3.63) is 83.9 Å². The van der Waals surface area contributed by atoms with E-state index in [1.54, 1.807) is 53.7 Å². The molecular weight excluding hydrogens is 624 g/mol. The van der Waals surface area contributed by atoms with E-state index < -0.39 is 47.8 Å². The summed E-state index contributed by atoms with van der Waals surface area (Å²) in [5.41, 5.74) is -0.619. The highest BCUT2D eigenvalue weighted by atomic mass is 16.6. The number of ether oxygens (including phenoxy) is 4. The first-order chi connectivity index (χ1) is 22.4. The zero-order chi connectivity index (χ0) is 35.7. The summed E-state index contributed by atoms with van der Waals surface area (Å²) in [6, 6.07) is 18.4. The third-order valence-electron chi connectivity index (χ3n) is 6.55. The van der Waals surface area contributed by atoms with Crippen LogP contribution in [0.4, 0.5) is 19.2 Å². The van der Waals surface area contributed by atoms with E-state index in [0.717, 1.165) is 26.7 Å². The van der Waals surface area contributed by atoms with Gasteiger partial charge in [0.25, 0.3) is 0 Å². The van der Waals surface area contributed by atoms with E-state index in [1.807, 2.05) is 48.5 Å². The average molecular weight is 671 g/mol. The summed E-state index contributed by atoms with van der Waals surface area (Å²) in [6.45, 7) is 13.7. The molecule has 262 valence electrons. The van der Waals surface area contributed by atoms with Crippen molar-refractivity contribution in [2.45, 2.75) is 71.6 Å². The molecular formula is C34H46N4O10. The van der Waals surface area contributed by atoms with E-state index in [0.29, 0.717) is 0 Å². The lowest BCUT2D eigenvalue weighted by Gasteiger charge is -2.29. The van der Waals surface area contributed by atoms with Gasteiger partial charge in [-0.2, -0.15) is 0 Å². The number of hydrazine groups is 2. The number of carbonyl (C=O) groups excluding carboxylic acids is 4. The molecule has 1 unspecified atom stereocenters. The topological polar surface area (TPSA) is 159 Å². The number of hydrogen-bond acceptors (Lipinski definition) is 10. The van der Waals surface area contributed by atoms with Crippen molar-refractivity contribution in [1.82, 2.24) is 20.0 Å². The Morgan fingerprint density at radius 3 is 1.42 bits per heavy atom. The molecule has 0 aromatic heterocycles. The number of benzene rings is 2. The van der Waals surface area contributed by atoms with Crippen LogP contribution in [0.25, 0.3) is 0 Å². The molecule has 0 radical (unpaired) electrons. The Kier molecular flexibility index (Phi) is 12.4. The Bertz CT molecular complexity index is 1420. The molecule has 0 aliphatic carbocycles. The molecule has 0 saturated carbocycles. The van der Waals surface area contributed by atoms with Crippen LogP contribution in [0, 0.1) is 0 Å². The fourth-order valence-electron chi connectivity index (χ4n) is 4.39. The molecule has 2 saturated heterocycles. The maximum atomic E-state index is 12.4. The molecule has 2 aromatic carbocycles. The van der Waals surface area contributed by atoms with Crippen LogP contribution >= 0.6 is 0 Å². The zero-order valence-electron chi connectivity index (χ0n) is 28.4. The minimum absolute atomic E-state index is 0.0237. The van der Waals surface area contributed by atoms with Gasteiger partial charge in [-0.05, 0) is 58.2 Å². The second kappa shape index (κ2) is 15.8. The minimum atomic E-state index is -1.62. The highest BCUT2D eigenvalue weighted by Gasteiger charge is 2.48. The van der Waals surface area contributed by atoms with Crippen molar-refractivity contribution in [3.8, 4) is 0 Å². The Balaban J connectivity index is 0.000000261. The van der Waals surface area contributed by atoms with Crippen LogP contribution in [0.3, 0.4) is 0 Å². The minimum Gasteiger partial charge on any atom is -0.443 e. The first kappa shape index (κ1) is 37.6. The van der Waals surface area contributed by atoms with E-state index in [1.165, 1.54) is 10.0 Å². The molecule has 2 fully saturated rings. The maximum absolute atomic E-state index is 12.4. The van der Waals surface area contributed by atoms with Gasteiger partial charge < -0.3 is 29.2 Å². The van der Waals surface area contributed by atoms with Crippen molar-refractivity contribution in [2.24, 2.45) is 0 Å². The standard InChI is InChI=1S/C17H24N2O6.C17H22N2O4/c1-16(2,3)25-15(22)19-11-17(23,12-20)10-18(19)14(21)24-9-13-7-5-4-6-8-13;1-13-10-18(19(11-13)16(21)23-17(2,3)4)15(20)22-12-14-8-6-5-7-9-14/h4-8,20,23H,9-12H2,1-3H3;5-9H,1,10-12H2,2-4H3. The van der Waals surface area contributed by atoms with Gasteiger partial charge >= 0.3 is 24.4 Å². The predicted molar refractivity (Wildman–Crippen MR) is 174 cm³/mol. The monoisotopic (exact) mass is 670 g/mol. The lowest BCUT2D eigenvalue weighted by atomic mass is 10.1. The highest BCUT2D eigenvalue weighted by Crippen LogP contribution is 2.25. The maximum Gasteiger partial charge on any atom is 0.429 e. The van der Waals surface area contributed by atoms with Gasteiger partial charge in [0.1, 0.15) is 30.0 Å². The summed E-state index contributed by atoms with van der Waals surface area (Å²) in [6.07, 6.45) is -2.79. The Morgan fingerprint density at radius 1 is 0.667 bits per heavy atom. The number of hydrogen-bond donors (Lipinski definition) is 2. The van der Waals surface area contributed by atoms with Crippen LogP contribution in [0.5, 0.6) is 0 Å². The number of amides is 4. The molecule has 4 rings (SSSR count). The van der Waals surface area contributed by atoms with Crippen molar-refractivity contribution in [1.29, 1.82) is 0 Å². The van der Waals surface area contributed by atoms with Gasteiger partial charge in [-0.1, -0.05) is 67.2 Å². The molecule has 2 N–H and O–H groups in total. The highest BCUT2D eigenvalue weighted by molar-refractivity contribution is 5.76. The predicted octanol–water partition coefficient (Wildman–Crippen LogP) is 4.86. The fraction of sp³-hybridized carbons (Fsp3) is 0.471. The van der Waals surface area contributed by atoms with Gasteiger partial charge in [-0.15, -0.1) is 0 Å². The van der Waals surface area contributed by atoms with E-state index in [9.17, 15) is 29.4 Å². The number of rotatable bonds is 5. The second-order valence-corrected chi connectivity index (χ2v) is 13.4. The lowest BCUT2D eigenvalue weighted by Crippen LogP contribution is -2.47. The van der Waals surface area contributed by atoms with E-state index in [4.69, 9.17) is 18.9 Å². The third-order valence-corrected chi connectivity index (χ3v) is 6.55. The van der Waals surface area contributed by atoms with Gasteiger partial charge in [0.15, 0.2) is 0 Å². The van der Waals surface area contributed by atoms with Gasteiger partial charge in [0.05, 0.1) is 32.8 Å². The molecule has 2 heterocycles. The number of aliphatic hydroxyl groups is 2. The largest absolute Gasteiger partial charge is 0.443 e. The Hall–Kier alpha value is -4.82. The number of nitrogens with zero attached hydrogens (tertiary/aromatic N) is 4. The average Bonchev–Trinajstić information content (AvgIpc) is 3.59. The zero-order valence-corrected chi connectivity index (χ0v) is 28.4. The molecule has 14 heteroatoms. The first-order valence-corrected chi connectivity index (χ1v) is 15.4. The third kappa shape index (κ3) is 11.5. The van der Waals surface area contributed by atoms with Crippen LogP contribution in [-0.2, 0) is 32.2 Å². The fourth-order valence-corrected chi connectivity index (χ4v) is 4.39. The van der Waals surface area contributed by atoms with Crippen molar-refractivity contribution >= 4 is 24.4 Å². The molecule has 1 atom stereocenters. The van der Waals surface area contributed by atoms with E-state index >= 15 is 0 Å². The SMILES string of the molecule is C=C1CN(C(=O)OCc2ccccc2)N(C(=O)OC(C)(C)C)C1.CC(C)(C)OC(=O)N1CC(O)(CO)CN1C(=O)OCc1ccccc1. The summed E-state index contributed by atoms with van der Waals surface area (Å²) in [4.78, 5) is 49.1. The van der Waals surface area contributed by atoms with Gasteiger partial charge in [0, 0.05) is 0 Å². The molecule has 0 bridgehead atoms. The summed E-state index contributed by atoms with van der Waals surface area (Å²) < 4.78 is 21.0. The molecule has 0 spiro atoms. The molecule has 2 aromatic rings. The molecule has 2 aliphatic rings. The summed E-state index contributed by atoms with van der Waals surface area (Å²) >= 11 is 0. The summed E-state index contributed by atoms with van der Waals surface area (Å²) in [5, 5.41) is 24.0. The van der Waals surface area contributed by atoms with E-state index in [-0.39, 0.29) is 39.4 Å².